The van der Waals surface area contributed by atoms with Gasteiger partial charge in [0.2, 0.25) is 0 Å². The Kier molecular flexibility index (Phi) is 5.24. The monoisotopic (exact) mass is 320 g/mol. The summed E-state index contributed by atoms with van der Waals surface area (Å²) in [6.07, 6.45) is -5.08. The number of hydrogen-bond donors (Lipinski definition) is 1. The van der Waals surface area contributed by atoms with Crippen LogP contribution in [0.1, 0.15) is 37.0 Å². The summed E-state index contributed by atoms with van der Waals surface area (Å²) in [5.74, 6) is 5.36. The summed E-state index contributed by atoms with van der Waals surface area (Å²) in [7, 11) is 0. The van der Waals surface area contributed by atoms with Crippen molar-refractivity contribution in [1.29, 1.82) is 0 Å². The largest absolute Gasteiger partial charge is 0.416 e. The molecule has 1 aromatic carbocycles. The number of halogens is 4. The van der Waals surface area contributed by atoms with E-state index in [1.165, 1.54) is 12.1 Å². The van der Waals surface area contributed by atoms with Crippen LogP contribution in [0.4, 0.5) is 13.2 Å². The van der Waals surface area contributed by atoms with E-state index in [4.69, 9.17) is 0 Å². The molecule has 18 heavy (non-hydrogen) atoms. The van der Waals surface area contributed by atoms with Crippen molar-refractivity contribution in [3.8, 4) is 11.8 Å². The van der Waals surface area contributed by atoms with Crippen LogP contribution in [0.25, 0.3) is 0 Å². The molecule has 98 valence electrons. The SMILES string of the molecule is CC#CCCC(O)c1ccc(Br)cc1C(F)(F)F. The minimum atomic E-state index is -4.48. The molecule has 1 unspecified atom stereocenters. The number of rotatable bonds is 3. The lowest BCUT2D eigenvalue weighted by Gasteiger charge is -2.17. The lowest BCUT2D eigenvalue weighted by molar-refractivity contribution is -0.139. The van der Waals surface area contributed by atoms with E-state index in [1.54, 1.807) is 6.92 Å². The number of benzene rings is 1. The number of alkyl halides is 3. The van der Waals surface area contributed by atoms with Crippen LogP contribution in [0.3, 0.4) is 0 Å². The number of hydrogen-bond acceptors (Lipinski definition) is 1. The van der Waals surface area contributed by atoms with Gasteiger partial charge in [0.1, 0.15) is 0 Å². The van der Waals surface area contributed by atoms with Crippen LogP contribution >= 0.6 is 15.9 Å². The Morgan fingerprint density at radius 3 is 2.61 bits per heavy atom. The molecular formula is C13H12BrF3O. The van der Waals surface area contributed by atoms with E-state index in [0.29, 0.717) is 10.9 Å². The van der Waals surface area contributed by atoms with Gasteiger partial charge in [-0.15, -0.1) is 11.8 Å². The van der Waals surface area contributed by atoms with Gasteiger partial charge in [0.15, 0.2) is 0 Å². The maximum absolute atomic E-state index is 12.8. The van der Waals surface area contributed by atoms with Crippen LogP contribution < -0.4 is 0 Å². The Morgan fingerprint density at radius 2 is 2.06 bits per heavy atom. The zero-order valence-corrected chi connectivity index (χ0v) is 11.3. The van der Waals surface area contributed by atoms with Crippen molar-refractivity contribution in [2.75, 3.05) is 0 Å². The van der Waals surface area contributed by atoms with E-state index >= 15 is 0 Å². The number of aliphatic hydroxyl groups is 1. The van der Waals surface area contributed by atoms with Crippen molar-refractivity contribution in [3.63, 3.8) is 0 Å². The summed E-state index contributed by atoms with van der Waals surface area (Å²) in [4.78, 5) is 0. The molecule has 1 aromatic rings. The van der Waals surface area contributed by atoms with Crippen molar-refractivity contribution in [2.24, 2.45) is 0 Å². The molecule has 1 nitrogen and oxygen atoms in total. The maximum atomic E-state index is 12.8. The zero-order valence-electron chi connectivity index (χ0n) is 9.68. The molecule has 0 fully saturated rings. The molecule has 0 bridgehead atoms. The van der Waals surface area contributed by atoms with E-state index in [-0.39, 0.29) is 12.0 Å². The molecule has 0 saturated carbocycles. The molecule has 0 aromatic heterocycles. The molecule has 0 radical (unpaired) electrons. The van der Waals surface area contributed by atoms with Crippen molar-refractivity contribution in [2.45, 2.75) is 32.0 Å². The third-order valence-corrected chi connectivity index (χ3v) is 2.89. The van der Waals surface area contributed by atoms with Crippen LogP contribution in [-0.4, -0.2) is 5.11 Å². The molecule has 0 heterocycles. The summed E-state index contributed by atoms with van der Waals surface area (Å²) >= 11 is 3.00. The lowest BCUT2D eigenvalue weighted by atomic mass is 9.99. The highest BCUT2D eigenvalue weighted by Gasteiger charge is 2.35. The molecule has 1 N–H and O–H groups in total. The average Bonchev–Trinajstić information content (AvgIpc) is 2.28. The van der Waals surface area contributed by atoms with E-state index in [9.17, 15) is 18.3 Å². The minimum Gasteiger partial charge on any atom is -0.388 e. The van der Waals surface area contributed by atoms with Crippen molar-refractivity contribution in [3.05, 3.63) is 33.8 Å². The minimum absolute atomic E-state index is 0.108. The van der Waals surface area contributed by atoms with Crippen molar-refractivity contribution >= 4 is 15.9 Å². The second-order valence-corrected chi connectivity index (χ2v) is 4.63. The third kappa shape index (κ3) is 4.04. The molecule has 0 aliphatic rings. The Balaban J connectivity index is 3.03. The van der Waals surface area contributed by atoms with Gasteiger partial charge in [0, 0.05) is 10.9 Å². The highest BCUT2D eigenvalue weighted by molar-refractivity contribution is 9.10. The van der Waals surface area contributed by atoms with E-state index < -0.39 is 17.8 Å². The standard InChI is InChI=1S/C13H12BrF3O/c1-2-3-4-5-12(18)10-7-6-9(14)8-11(10)13(15,16)17/h6-8,12,18H,4-5H2,1H3. The van der Waals surface area contributed by atoms with Gasteiger partial charge < -0.3 is 5.11 Å². The van der Waals surface area contributed by atoms with Crippen LogP contribution in [0, 0.1) is 11.8 Å². The predicted molar refractivity (Wildman–Crippen MR) is 66.8 cm³/mol. The van der Waals surface area contributed by atoms with Gasteiger partial charge in [0.25, 0.3) is 0 Å². The van der Waals surface area contributed by atoms with Crippen LogP contribution in [-0.2, 0) is 6.18 Å². The molecule has 0 saturated heterocycles. The van der Waals surface area contributed by atoms with Gasteiger partial charge in [-0.25, -0.2) is 0 Å². The molecule has 0 amide bonds. The fourth-order valence-corrected chi connectivity index (χ4v) is 1.92. The summed E-state index contributed by atoms with van der Waals surface area (Å²) in [6, 6.07) is 3.75. The quantitative estimate of drug-likeness (QED) is 0.823. The molecular weight excluding hydrogens is 309 g/mol. The number of aliphatic hydroxyl groups excluding tert-OH is 1. The smallest absolute Gasteiger partial charge is 0.388 e. The topological polar surface area (TPSA) is 20.2 Å². The van der Waals surface area contributed by atoms with Gasteiger partial charge in [0.05, 0.1) is 11.7 Å². The van der Waals surface area contributed by atoms with Gasteiger partial charge in [-0.3, -0.25) is 0 Å². The first kappa shape index (κ1) is 15.1. The van der Waals surface area contributed by atoms with Crippen LogP contribution in [0.2, 0.25) is 0 Å². The fourth-order valence-electron chi connectivity index (χ4n) is 1.55. The lowest BCUT2D eigenvalue weighted by Crippen LogP contribution is -2.12. The van der Waals surface area contributed by atoms with Gasteiger partial charge in [-0.1, -0.05) is 22.0 Å². The highest BCUT2D eigenvalue weighted by Crippen LogP contribution is 2.37. The molecule has 0 aliphatic heterocycles. The molecule has 1 atom stereocenters. The second kappa shape index (κ2) is 6.26. The Bertz CT molecular complexity index is 471. The van der Waals surface area contributed by atoms with E-state index in [2.05, 4.69) is 27.8 Å². The summed E-state index contributed by atoms with van der Waals surface area (Å²) < 4.78 is 38.8. The van der Waals surface area contributed by atoms with Crippen LogP contribution in [0.15, 0.2) is 22.7 Å². The first-order valence-corrected chi connectivity index (χ1v) is 6.10. The summed E-state index contributed by atoms with van der Waals surface area (Å²) in [5, 5.41) is 9.80. The zero-order chi connectivity index (χ0) is 13.8. The third-order valence-electron chi connectivity index (χ3n) is 2.40. The molecule has 1 rings (SSSR count). The molecule has 0 spiro atoms. The fraction of sp³-hybridized carbons (Fsp3) is 0.385. The van der Waals surface area contributed by atoms with Crippen molar-refractivity contribution in [1.82, 2.24) is 0 Å². The maximum Gasteiger partial charge on any atom is 0.416 e. The Labute approximate surface area is 112 Å². The van der Waals surface area contributed by atoms with Gasteiger partial charge in [-0.2, -0.15) is 13.2 Å². The summed E-state index contributed by atoms with van der Waals surface area (Å²) in [6.45, 7) is 1.65. The first-order valence-electron chi connectivity index (χ1n) is 5.30. The van der Waals surface area contributed by atoms with Gasteiger partial charge in [-0.05, 0) is 31.0 Å². The molecule has 0 aliphatic carbocycles. The van der Waals surface area contributed by atoms with Gasteiger partial charge >= 0.3 is 6.18 Å². The predicted octanol–water partition coefficient (Wildman–Crippen LogP) is 4.30. The Hall–Kier alpha value is -0.990. The van der Waals surface area contributed by atoms with Crippen LogP contribution in [0.5, 0.6) is 0 Å². The summed E-state index contributed by atoms with van der Waals surface area (Å²) in [5.41, 5.74) is -0.919. The van der Waals surface area contributed by atoms with E-state index in [0.717, 1.165) is 6.07 Å². The first-order chi connectivity index (χ1) is 8.36. The van der Waals surface area contributed by atoms with Crippen molar-refractivity contribution < 1.29 is 18.3 Å². The molecule has 5 heteroatoms. The van der Waals surface area contributed by atoms with E-state index in [1.807, 2.05) is 0 Å². The Morgan fingerprint density at radius 1 is 1.39 bits per heavy atom. The average molecular weight is 321 g/mol. The highest BCUT2D eigenvalue weighted by atomic mass is 79.9. The second-order valence-electron chi connectivity index (χ2n) is 3.71. The normalized spacial score (nSPS) is 12.8.